The summed E-state index contributed by atoms with van der Waals surface area (Å²) in [5.74, 6) is -1.38. The first kappa shape index (κ1) is 15.1. The van der Waals surface area contributed by atoms with Crippen LogP contribution in [0.25, 0.3) is 33.2 Å². The summed E-state index contributed by atoms with van der Waals surface area (Å²) in [5, 5.41) is 19.4. The van der Waals surface area contributed by atoms with Gasteiger partial charge in [-0.05, 0) is 29.3 Å². The monoisotopic (exact) mass is 335 g/mol. The highest BCUT2D eigenvalue weighted by atomic mass is 16.4. The summed E-state index contributed by atoms with van der Waals surface area (Å²) >= 11 is 0. The van der Waals surface area contributed by atoms with E-state index in [0.29, 0.717) is 16.8 Å². The van der Waals surface area contributed by atoms with Crippen LogP contribution in [0.15, 0.2) is 41.2 Å². The Kier molecular flexibility index (Phi) is 3.35. The molecule has 1 aliphatic rings. The number of carbonyl (C=O) groups excluding carboxylic acids is 1. The molecule has 0 saturated carbocycles. The molecule has 0 saturated heterocycles. The normalized spacial score (nSPS) is 11.4. The third-order valence-corrected chi connectivity index (χ3v) is 4.23. The van der Waals surface area contributed by atoms with E-state index in [2.05, 4.69) is 15.5 Å². The summed E-state index contributed by atoms with van der Waals surface area (Å²) in [7, 11) is 0. The summed E-state index contributed by atoms with van der Waals surface area (Å²) in [6.07, 6.45) is -0.307. The molecule has 0 spiro atoms. The maximum absolute atomic E-state index is 12.0. The molecular weight excluding hydrogens is 322 g/mol. The number of carboxylic acids is 1. The molecule has 7 nitrogen and oxygen atoms in total. The van der Waals surface area contributed by atoms with Crippen molar-refractivity contribution < 1.29 is 14.7 Å². The third-order valence-electron chi connectivity index (χ3n) is 4.23. The molecule has 1 amide bonds. The van der Waals surface area contributed by atoms with Crippen LogP contribution in [0, 0.1) is 0 Å². The number of nitrogens with zero attached hydrogens (tertiary/aromatic N) is 1. The average molecular weight is 335 g/mol. The number of benzene rings is 2. The Morgan fingerprint density at radius 1 is 1.08 bits per heavy atom. The van der Waals surface area contributed by atoms with E-state index < -0.39 is 5.97 Å². The molecule has 124 valence electrons. The Morgan fingerprint density at radius 3 is 2.72 bits per heavy atom. The smallest absolute Gasteiger partial charge is 0.303 e. The molecule has 25 heavy (non-hydrogen) atoms. The molecule has 7 heteroatoms. The van der Waals surface area contributed by atoms with Gasteiger partial charge in [-0.15, -0.1) is 0 Å². The summed E-state index contributed by atoms with van der Waals surface area (Å²) in [6, 6.07) is 10.9. The number of fused-ring (bicyclic) bond motifs is 3. The van der Waals surface area contributed by atoms with Crippen molar-refractivity contribution in [2.45, 2.75) is 12.8 Å². The number of carboxylic acid groups (broad SMARTS) is 1. The Labute approximate surface area is 141 Å². The zero-order chi connectivity index (χ0) is 17.6. The maximum Gasteiger partial charge on any atom is 0.303 e. The molecule has 0 fully saturated rings. The molecular formula is C18H13N3O4. The Bertz CT molecular complexity index is 1100. The van der Waals surface area contributed by atoms with E-state index in [0.717, 1.165) is 22.1 Å². The summed E-state index contributed by atoms with van der Waals surface area (Å²) in [4.78, 5) is 34.4. The van der Waals surface area contributed by atoms with Crippen LogP contribution in [0.3, 0.4) is 0 Å². The van der Waals surface area contributed by atoms with Gasteiger partial charge in [0.15, 0.2) is 0 Å². The fourth-order valence-electron chi connectivity index (χ4n) is 3.14. The van der Waals surface area contributed by atoms with Crippen LogP contribution >= 0.6 is 0 Å². The fraction of sp³-hybridized carbons (Fsp3) is 0.111. The third kappa shape index (κ3) is 2.46. The molecule has 0 aliphatic heterocycles. The van der Waals surface area contributed by atoms with Crippen LogP contribution in [-0.2, 0) is 9.59 Å². The van der Waals surface area contributed by atoms with Crippen LogP contribution in [-0.4, -0.2) is 27.2 Å². The summed E-state index contributed by atoms with van der Waals surface area (Å²) in [6.45, 7) is 0. The van der Waals surface area contributed by atoms with E-state index in [9.17, 15) is 14.4 Å². The molecule has 0 atom stereocenters. The predicted molar refractivity (Wildman–Crippen MR) is 92.3 cm³/mol. The van der Waals surface area contributed by atoms with Gasteiger partial charge in [0.05, 0.1) is 17.5 Å². The number of carbonyl (C=O) groups is 2. The number of H-pyrrole nitrogens is 1. The number of amides is 1. The SMILES string of the molecule is O=C(O)CCC(=O)Nc1ccc2c(c1)-c1n[nH]c(=O)c3cccc-2c13. The van der Waals surface area contributed by atoms with Gasteiger partial charge in [-0.1, -0.05) is 18.2 Å². The van der Waals surface area contributed by atoms with Crippen molar-refractivity contribution >= 4 is 28.3 Å². The maximum atomic E-state index is 12.0. The minimum Gasteiger partial charge on any atom is -0.481 e. The molecule has 0 unspecified atom stereocenters. The van der Waals surface area contributed by atoms with E-state index in [-0.39, 0.29) is 24.3 Å². The number of hydrogen-bond acceptors (Lipinski definition) is 4. The van der Waals surface area contributed by atoms with E-state index in [1.54, 1.807) is 18.2 Å². The van der Waals surface area contributed by atoms with Crippen molar-refractivity contribution in [3.63, 3.8) is 0 Å². The van der Waals surface area contributed by atoms with Crippen molar-refractivity contribution in [1.29, 1.82) is 0 Å². The highest BCUT2D eigenvalue weighted by Crippen LogP contribution is 2.45. The topological polar surface area (TPSA) is 112 Å². The Morgan fingerprint density at radius 2 is 1.92 bits per heavy atom. The Hall–Kier alpha value is -3.48. The lowest BCUT2D eigenvalue weighted by Gasteiger charge is -2.07. The highest BCUT2D eigenvalue weighted by molar-refractivity contribution is 6.14. The number of aromatic amines is 1. The zero-order valence-corrected chi connectivity index (χ0v) is 13.0. The molecule has 1 aliphatic carbocycles. The van der Waals surface area contributed by atoms with Crippen LogP contribution < -0.4 is 10.9 Å². The van der Waals surface area contributed by atoms with E-state index in [4.69, 9.17) is 5.11 Å². The van der Waals surface area contributed by atoms with Gasteiger partial charge >= 0.3 is 5.97 Å². The van der Waals surface area contributed by atoms with Crippen molar-refractivity contribution in [1.82, 2.24) is 10.2 Å². The second kappa shape index (κ2) is 5.55. The number of rotatable bonds is 4. The number of nitrogens with one attached hydrogen (secondary N) is 2. The Balaban J connectivity index is 1.74. The van der Waals surface area contributed by atoms with Gasteiger partial charge in [0, 0.05) is 23.1 Å². The van der Waals surface area contributed by atoms with Crippen molar-refractivity contribution in [2.75, 3.05) is 5.32 Å². The lowest BCUT2D eigenvalue weighted by Crippen LogP contribution is -2.13. The van der Waals surface area contributed by atoms with Gasteiger partial charge in [0.1, 0.15) is 0 Å². The summed E-state index contributed by atoms with van der Waals surface area (Å²) in [5.41, 5.74) is 3.68. The average Bonchev–Trinajstić information content (AvgIpc) is 2.91. The van der Waals surface area contributed by atoms with Crippen LogP contribution in [0.5, 0.6) is 0 Å². The second-order valence-electron chi connectivity index (χ2n) is 5.83. The molecule has 1 heterocycles. The molecule has 2 aromatic carbocycles. The molecule has 4 rings (SSSR count). The van der Waals surface area contributed by atoms with Gasteiger partial charge in [-0.25, -0.2) is 5.10 Å². The molecule has 3 N–H and O–H groups in total. The van der Waals surface area contributed by atoms with Gasteiger partial charge < -0.3 is 10.4 Å². The second-order valence-corrected chi connectivity index (χ2v) is 5.83. The van der Waals surface area contributed by atoms with Crippen LogP contribution in [0.2, 0.25) is 0 Å². The minimum atomic E-state index is -1.01. The highest BCUT2D eigenvalue weighted by Gasteiger charge is 2.24. The first-order valence-electron chi connectivity index (χ1n) is 7.72. The van der Waals surface area contributed by atoms with Gasteiger partial charge in [0.25, 0.3) is 5.56 Å². The molecule has 3 aromatic rings. The minimum absolute atomic E-state index is 0.0895. The first-order valence-corrected chi connectivity index (χ1v) is 7.72. The standard InChI is InChI=1S/C18H13N3O4/c22-14(6-7-15(23)24)19-9-4-5-10-11-2-1-3-12-16(11)17(13(10)8-9)20-21-18(12)25/h1-5,8H,6-7H2,(H,19,22)(H,21,25)(H,23,24). The molecule has 1 aromatic heterocycles. The summed E-state index contributed by atoms with van der Waals surface area (Å²) < 4.78 is 0. The van der Waals surface area contributed by atoms with Gasteiger partial charge in [-0.2, -0.15) is 5.10 Å². The predicted octanol–water partition coefficient (Wildman–Crippen LogP) is 2.37. The largest absolute Gasteiger partial charge is 0.481 e. The number of aliphatic carboxylic acids is 1. The zero-order valence-electron chi connectivity index (χ0n) is 13.0. The number of hydrogen-bond donors (Lipinski definition) is 3. The fourth-order valence-corrected chi connectivity index (χ4v) is 3.14. The van der Waals surface area contributed by atoms with E-state index in [1.807, 2.05) is 18.2 Å². The van der Waals surface area contributed by atoms with Crippen LogP contribution in [0.1, 0.15) is 12.8 Å². The van der Waals surface area contributed by atoms with E-state index in [1.165, 1.54) is 0 Å². The van der Waals surface area contributed by atoms with Crippen molar-refractivity contribution in [3.05, 3.63) is 46.8 Å². The number of anilines is 1. The number of aromatic nitrogens is 2. The van der Waals surface area contributed by atoms with Crippen LogP contribution in [0.4, 0.5) is 5.69 Å². The quantitative estimate of drug-likeness (QED) is 0.530. The lowest BCUT2D eigenvalue weighted by atomic mass is 10.0. The van der Waals surface area contributed by atoms with Crippen molar-refractivity contribution in [3.8, 4) is 22.4 Å². The molecule has 0 radical (unpaired) electrons. The van der Waals surface area contributed by atoms with Crippen molar-refractivity contribution in [2.24, 2.45) is 0 Å². The van der Waals surface area contributed by atoms with Gasteiger partial charge in [-0.3, -0.25) is 14.4 Å². The lowest BCUT2D eigenvalue weighted by molar-refractivity contribution is -0.138. The first-order chi connectivity index (χ1) is 12.0. The van der Waals surface area contributed by atoms with E-state index >= 15 is 0 Å². The van der Waals surface area contributed by atoms with Gasteiger partial charge in [0.2, 0.25) is 5.91 Å². The molecule has 0 bridgehead atoms.